The number of hydrogen-bond donors (Lipinski definition) is 0. The van der Waals surface area contributed by atoms with Crippen molar-refractivity contribution in [2.24, 2.45) is 0 Å². The molecule has 1 spiro atoms. The molecule has 0 N–H and O–H groups in total. The third kappa shape index (κ3) is 3.85. The van der Waals surface area contributed by atoms with Gasteiger partial charge in [-0.15, -0.1) is 0 Å². The smallest absolute Gasteiger partial charge is 0.180 e. The number of benzene rings is 7. The molecule has 7 aromatic carbocycles. The standard InChI is InChI=1S/C48H27N3O/c49-28-29-19-22-36-37-23-20-33(27-42(37)48(41(36)25-29)39-17-9-7-15-34(39)35-16-8-10-18-40(35)48)32-21-24-43-38(26-32)45-46(52-43)44(30-11-3-1-4-12-30)50-47(51-45)31-13-5-2-6-14-31/h1-27H. The zero-order valence-corrected chi connectivity index (χ0v) is 27.8. The molecule has 0 radical (unpaired) electrons. The van der Waals surface area contributed by atoms with Gasteiger partial charge in [0, 0.05) is 16.5 Å². The van der Waals surface area contributed by atoms with Crippen LogP contribution in [-0.2, 0) is 5.41 Å². The summed E-state index contributed by atoms with van der Waals surface area (Å²) in [5.41, 5.74) is 16.9. The van der Waals surface area contributed by atoms with E-state index in [-0.39, 0.29) is 0 Å². The van der Waals surface area contributed by atoms with E-state index >= 15 is 0 Å². The van der Waals surface area contributed by atoms with Gasteiger partial charge in [-0.3, -0.25) is 0 Å². The molecule has 0 aliphatic heterocycles. The molecule has 0 saturated heterocycles. The number of hydrogen-bond acceptors (Lipinski definition) is 4. The van der Waals surface area contributed by atoms with E-state index in [1.807, 2.05) is 54.6 Å². The van der Waals surface area contributed by atoms with Gasteiger partial charge in [-0.05, 0) is 86.0 Å². The number of aromatic nitrogens is 2. The quantitative estimate of drug-likeness (QED) is 0.189. The van der Waals surface area contributed by atoms with E-state index in [9.17, 15) is 5.26 Å². The van der Waals surface area contributed by atoms with E-state index in [1.165, 1.54) is 38.9 Å². The summed E-state index contributed by atoms with van der Waals surface area (Å²) < 4.78 is 6.56. The first-order valence-corrected chi connectivity index (χ1v) is 17.5. The highest BCUT2D eigenvalue weighted by atomic mass is 16.3. The van der Waals surface area contributed by atoms with Crippen LogP contribution in [0.5, 0.6) is 0 Å². The SMILES string of the molecule is N#Cc1ccc2c(c1)C1(c3ccccc3-c3ccccc31)c1cc(-c3ccc4oc5c(-c6ccccc6)nc(-c6ccccc6)nc5c4c3)ccc1-2. The van der Waals surface area contributed by atoms with Gasteiger partial charge in [-0.25, -0.2) is 9.97 Å². The van der Waals surface area contributed by atoms with Crippen LogP contribution in [0.1, 0.15) is 27.8 Å². The Morgan fingerprint density at radius 3 is 1.77 bits per heavy atom. The molecule has 0 unspecified atom stereocenters. The predicted molar refractivity (Wildman–Crippen MR) is 207 cm³/mol. The molecule has 52 heavy (non-hydrogen) atoms. The van der Waals surface area contributed by atoms with E-state index in [0.29, 0.717) is 17.0 Å². The van der Waals surface area contributed by atoms with Crippen LogP contribution in [-0.4, -0.2) is 9.97 Å². The lowest BCUT2D eigenvalue weighted by molar-refractivity contribution is 0.667. The van der Waals surface area contributed by atoms with Gasteiger partial charge in [0.15, 0.2) is 11.4 Å². The molecule has 4 nitrogen and oxygen atoms in total. The van der Waals surface area contributed by atoms with Crippen LogP contribution in [0.25, 0.3) is 78.1 Å². The molecule has 2 aromatic heterocycles. The highest BCUT2D eigenvalue weighted by Crippen LogP contribution is 2.63. The second kappa shape index (κ2) is 10.7. The van der Waals surface area contributed by atoms with Crippen molar-refractivity contribution in [3.63, 3.8) is 0 Å². The van der Waals surface area contributed by atoms with Crippen molar-refractivity contribution in [1.29, 1.82) is 5.26 Å². The molecule has 2 aliphatic carbocycles. The Balaban J connectivity index is 1.16. The van der Waals surface area contributed by atoms with E-state index < -0.39 is 5.41 Å². The molecule has 4 heteroatoms. The van der Waals surface area contributed by atoms with Crippen LogP contribution < -0.4 is 0 Å². The van der Waals surface area contributed by atoms with Gasteiger partial charge >= 0.3 is 0 Å². The van der Waals surface area contributed by atoms with Crippen LogP contribution >= 0.6 is 0 Å². The van der Waals surface area contributed by atoms with Crippen molar-refractivity contribution in [2.45, 2.75) is 5.41 Å². The molecule has 9 aromatic rings. The molecule has 0 amide bonds. The number of nitriles is 1. The number of rotatable bonds is 3. The summed E-state index contributed by atoms with van der Waals surface area (Å²) in [5.74, 6) is 0.660. The normalized spacial score (nSPS) is 13.1. The van der Waals surface area contributed by atoms with Crippen molar-refractivity contribution < 1.29 is 4.42 Å². The summed E-state index contributed by atoms with van der Waals surface area (Å²) in [7, 11) is 0. The second-order valence-electron chi connectivity index (χ2n) is 13.6. The van der Waals surface area contributed by atoms with Gasteiger partial charge in [-0.2, -0.15) is 5.26 Å². The van der Waals surface area contributed by atoms with E-state index in [1.54, 1.807) is 0 Å². The van der Waals surface area contributed by atoms with Crippen molar-refractivity contribution in [2.75, 3.05) is 0 Å². The van der Waals surface area contributed by atoms with Crippen molar-refractivity contribution in [3.8, 4) is 62.1 Å². The van der Waals surface area contributed by atoms with Gasteiger partial charge in [-0.1, -0.05) is 133 Å². The van der Waals surface area contributed by atoms with Crippen LogP contribution in [0.15, 0.2) is 168 Å². The van der Waals surface area contributed by atoms with Gasteiger partial charge < -0.3 is 4.42 Å². The average molecular weight is 662 g/mol. The Hall–Kier alpha value is -7.09. The maximum atomic E-state index is 10.0. The minimum Gasteiger partial charge on any atom is -0.452 e. The summed E-state index contributed by atoms with van der Waals surface area (Å²) in [6.07, 6.45) is 0. The fraction of sp³-hybridized carbons (Fsp3) is 0.0208. The summed E-state index contributed by atoms with van der Waals surface area (Å²) in [5, 5.41) is 11.0. The highest BCUT2D eigenvalue weighted by molar-refractivity contribution is 6.08. The molecular formula is C48H27N3O. The third-order valence-corrected chi connectivity index (χ3v) is 10.9. The summed E-state index contributed by atoms with van der Waals surface area (Å²) in [4.78, 5) is 10.2. The van der Waals surface area contributed by atoms with Gasteiger partial charge in [0.1, 0.15) is 16.8 Å². The Kier molecular flexibility index (Phi) is 5.91. The zero-order chi connectivity index (χ0) is 34.4. The summed E-state index contributed by atoms with van der Waals surface area (Å²) in [6, 6.07) is 59.6. The van der Waals surface area contributed by atoms with Gasteiger partial charge in [0.2, 0.25) is 0 Å². The fourth-order valence-corrected chi connectivity index (χ4v) is 8.72. The van der Waals surface area contributed by atoms with E-state index in [2.05, 4.69) is 115 Å². The number of nitrogens with zero attached hydrogens (tertiary/aromatic N) is 3. The van der Waals surface area contributed by atoms with E-state index in [4.69, 9.17) is 14.4 Å². The van der Waals surface area contributed by atoms with Gasteiger partial charge in [0.25, 0.3) is 0 Å². The first-order chi connectivity index (χ1) is 25.7. The van der Waals surface area contributed by atoms with Crippen LogP contribution in [0, 0.1) is 11.3 Å². The maximum absolute atomic E-state index is 10.0. The summed E-state index contributed by atoms with van der Waals surface area (Å²) in [6.45, 7) is 0. The topological polar surface area (TPSA) is 62.7 Å². The summed E-state index contributed by atoms with van der Waals surface area (Å²) >= 11 is 0. The van der Waals surface area contributed by atoms with Crippen molar-refractivity contribution in [3.05, 3.63) is 192 Å². The minimum atomic E-state index is -0.546. The monoisotopic (exact) mass is 661 g/mol. The first kappa shape index (κ1) is 28.7. The zero-order valence-electron chi connectivity index (χ0n) is 27.8. The van der Waals surface area contributed by atoms with E-state index in [0.717, 1.165) is 50.0 Å². The molecule has 0 saturated carbocycles. The molecule has 0 atom stereocenters. The molecule has 240 valence electrons. The predicted octanol–water partition coefficient (Wildman–Crippen LogP) is 11.6. The lowest BCUT2D eigenvalue weighted by atomic mass is 9.70. The maximum Gasteiger partial charge on any atom is 0.180 e. The number of furan rings is 1. The average Bonchev–Trinajstić information content (AvgIpc) is 3.84. The van der Waals surface area contributed by atoms with Crippen molar-refractivity contribution >= 4 is 22.1 Å². The number of fused-ring (bicyclic) bond motifs is 13. The Morgan fingerprint density at radius 2 is 1.06 bits per heavy atom. The van der Waals surface area contributed by atoms with Crippen molar-refractivity contribution in [1.82, 2.24) is 9.97 Å². The molecule has 2 heterocycles. The van der Waals surface area contributed by atoms with Crippen LogP contribution in [0.3, 0.4) is 0 Å². The Labute approximate surface area is 299 Å². The molecule has 0 fully saturated rings. The lowest BCUT2D eigenvalue weighted by Gasteiger charge is -2.30. The Morgan fingerprint density at radius 1 is 0.481 bits per heavy atom. The fourth-order valence-electron chi connectivity index (χ4n) is 8.72. The lowest BCUT2D eigenvalue weighted by Crippen LogP contribution is -2.26. The van der Waals surface area contributed by atoms with Crippen LogP contribution in [0.4, 0.5) is 0 Å². The first-order valence-electron chi connectivity index (χ1n) is 17.5. The Bertz CT molecular complexity index is 2930. The minimum absolute atomic E-state index is 0.546. The molecule has 2 aliphatic rings. The third-order valence-electron chi connectivity index (χ3n) is 10.9. The van der Waals surface area contributed by atoms with Gasteiger partial charge in [0.05, 0.1) is 17.0 Å². The van der Waals surface area contributed by atoms with Crippen LogP contribution in [0.2, 0.25) is 0 Å². The second-order valence-corrected chi connectivity index (χ2v) is 13.6. The largest absolute Gasteiger partial charge is 0.452 e. The molecule has 11 rings (SSSR count). The molecule has 0 bridgehead atoms. The highest BCUT2D eigenvalue weighted by Gasteiger charge is 2.51. The molecular weight excluding hydrogens is 635 g/mol.